The predicted octanol–water partition coefficient (Wildman–Crippen LogP) is 1.79. The van der Waals surface area contributed by atoms with Gasteiger partial charge in [0.2, 0.25) is 0 Å². The van der Waals surface area contributed by atoms with Crippen LogP contribution in [-0.2, 0) is 9.59 Å². The number of alkyl halides is 3. The molecule has 1 fully saturated rings. The van der Waals surface area contributed by atoms with E-state index >= 15 is 0 Å². The molecule has 1 atom stereocenters. The highest BCUT2D eigenvalue weighted by molar-refractivity contribution is 5.82. The van der Waals surface area contributed by atoms with Crippen molar-refractivity contribution in [2.45, 2.75) is 44.3 Å². The number of hydrogen-bond acceptors (Lipinski definition) is 2. The Morgan fingerprint density at radius 1 is 1.29 bits per heavy atom. The molecular formula is C10H14F3NO3. The van der Waals surface area contributed by atoms with Crippen molar-refractivity contribution < 1.29 is 27.9 Å². The van der Waals surface area contributed by atoms with Gasteiger partial charge in [0.1, 0.15) is 0 Å². The summed E-state index contributed by atoms with van der Waals surface area (Å²) in [5.41, 5.74) is 0. The van der Waals surface area contributed by atoms with E-state index < -0.39 is 24.1 Å². The van der Waals surface area contributed by atoms with Crippen molar-refractivity contribution in [1.82, 2.24) is 4.90 Å². The topological polar surface area (TPSA) is 57.6 Å². The van der Waals surface area contributed by atoms with Gasteiger partial charge in [0.05, 0.1) is 0 Å². The Hall–Kier alpha value is -1.27. The summed E-state index contributed by atoms with van der Waals surface area (Å²) < 4.78 is 36.9. The lowest BCUT2D eigenvalue weighted by Gasteiger charge is -2.35. The quantitative estimate of drug-likeness (QED) is 0.834. The molecule has 0 aromatic carbocycles. The van der Waals surface area contributed by atoms with Crippen LogP contribution in [0.3, 0.4) is 0 Å². The van der Waals surface area contributed by atoms with Crippen LogP contribution in [0.25, 0.3) is 0 Å². The van der Waals surface area contributed by atoms with Gasteiger partial charge in [-0.05, 0) is 25.7 Å². The first-order chi connectivity index (χ1) is 7.82. The van der Waals surface area contributed by atoms with Crippen molar-refractivity contribution in [3.05, 3.63) is 0 Å². The Balaban J connectivity index is 2.65. The normalized spacial score (nSPS) is 21.4. The van der Waals surface area contributed by atoms with Crippen LogP contribution < -0.4 is 0 Å². The van der Waals surface area contributed by atoms with E-state index in [9.17, 15) is 22.8 Å². The fourth-order valence-corrected chi connectivity index (χ4v) is 2.02. The average molecular weight is 253 g/mol. The number of carboxylic acids is 1. The van der Waals surface area contributed by atoms with Crippen LogP contribution in [0.5, 0.6) is 0 Å². The Kier molecular flexibility index (Phi) is 4.36. The Labute approximate surface area is 96.4 Å². The first kappa shape index (κ1) is 13.8. The van der Waals surface area contributed by atoms with Crippen LogP contribution >= 0.6 is 0 Å². The zero-order valence-electron chi connectivity index (χ0n) is 9.16. The van der Waals surface area contributed by atoms with Gasteiger partial charge in [0, 0.05) is 19.0 Å². The number of carboxylic acid groups (broad SMARTS) is 1. The molecule has 1 aliphatic heterocycles. The SMILES string of the molecule is O=C(O)CC[C@H]1CCCCN1C(=O)C(F)(F)F. The number of nitrogens with zero attached hydrogens (tertiary/aromatic N) is 1. The van der Waals surface area contributed by atoms with Gasteiger partial charge in [-0.2, -0.15) is 13.2 Å². The van der Waals surface area contributed by atoms with E-state index in [0.717, 1.165) is 11.3 Å². The van der Waals surface area contributed by atoms with Crippen LogP contribution in [0.1, 0.15) is 32.1 Å². The van der Waals surface area contributed by atoms with Gasteiger partial charge in [-0.25, -0.2) is 0 Å². The highest BCUT2D eigenvalue weighted by atomic mass is 19.4. The highest BCUT2D eigenvalue weighted by Crippen LogP contribution is 2.27. The summed E-state index contributed by atoms with van der Waals surface area (Å²) in [6.07, 6.45) is -3.31. The van der Waals surface area contributed by atoms with Crippen molar-refractivity contribution in [3.63, 3.8) is 0 Å². The van der Waals surface area contributed by atoms with E-state index in [-0.39, 0.29) is 19.4 Å². The van der Waals surface area contributed by atoms with E-state index in [1.54, 1.807) is 0 Å². The largest absolute Gasteiger partial charge is 0.481 e. The fraction of sp³-hybridized carbons (Fsp3) is 0.800. The number of amides is 1. The van der Waals surface area contributed by atoms with Crippen LogP contribution in [0.2, 0.25) is 0 Å². The molecule has 0 unspecified atom stereocenters. The minimum absolute atomic E-state index is 0.0582. The third kappa shape index (κ3) is 3.90. The molecule has 98 valence electrons. The summed E-state index contributed by atoms with van der Waals surface area (Å²) in [5, 5.41) is 8.50. The maximum absolute atomic E-state index is 12.3. The highest BCUT2D eigenvalue weighted by Gasteiger charge is 2.45. The van der Waals surface area contributed by atoms with Crippen LogP contribution in [0.15, 0.2) is 0 Å². The van der Waals surface area contributed by atoms with Crippen molar-refractivity contribution in [3.8, 4) is 0 Å². The number of piperidine rings is 1. The molecule has 1 heterocycles. The number of carbonyl (C=O) groups excluding carboxylic acids is 1. The molecule has 0 saturated carbocycles. The van der Waals surface area contributed by atoms with Gasteiger partial charge in [-0.3, -0.25) is 9.59 Å². The molecule has 0 bridgehead atoms. The van der Waals surface area contributed by atoms with E-state index in [1.807, 2.05) is 0 Å². The van der Waals surface area contributed by atoms with Crippen LogP contribution in [0, 0.1) is 0 Å². The smallest absolute Gasteiger partial charge is 0.471 e. The maximum Gasteiger partial charge on any atom is 0.471 e. The molecule has 1 rings (SSSR count). The van der Waals surface area contributed by atoms with E-state index in [0.29, 0.717) is 12.8 Å². The minimum atomic E-state index is -4.88. The molecule has 1 amide bonds. The lowest BCUT2D eigenvalue weighted by molar-refractivity contribution is -0.189. The van der Waals surface area contributed by atoms with Gasteiger partial charge in [0.25, 0.3) is 0 Å². The molecule has 0 spiro atoms. The minimum Gasteiger partial charge on any atom is -0.481 e. The van der Waals surface area contributed by atoms with Gasteiger partial charge in [0.15, 0.2) is 0 Å². The zero-order valence-corrected chi connectivity index (χ0v) is 9.16. The second-order valence-corrected chi connectivity index (χ2v) is 4.08. The number of likely N-dealkylation sites (tertiary alicyclic amines) is 1. The fourth-order valence-electron chi connectivity index (χ4n) is 2.02. The second kappa shape index (κ2) is 5.37. The number of halogens is 3. The third-order valence-corrected chi connectivity index (χ3v) is 2.82. The van der Waals surface area contributed by atoms with Crippen molar-refractivity contribution >= 4 is 11.9 Å². The summed E-state index contributed by atoms with van der Waals surface area (Å²) in [6.45, 7) is 0.0582. The Morgan fingerprint density at radius 2 is 1.94 bits per heavy atom. The van der Waals surface area contributed by atoms with Crippen molar-refractivity contribution in [2.75, 3.05) is 6.54 Å². The Morgan fingerprint density at radius 3 is 2.47 bits per heavy atom. The maximum atomic E-state index is 12.3. The van der Waals surface area contributed by atoms with Gasteiger partial charge < -0.3 is 10.0 Å². The van der Waals surface area contributed by atoms with Crippen LogP contribution in [0.4, 0.5) is 13.2 Å². The van der Waals surface area contributed by atoms with Gasteiger partial charge >= 0.3 is 18.1 Å². The lowest BCUT2D eigenvalue weighted by Crippen LogP contribution is -2.49. The molecule has 4 nitrogen and oxygen atoms in total. The van der Waals surface area contributed by atoms with Crippen LogP contribution in [-0.4, -0.2) is 40.6 Å². The number of hydrogen-bond donors (Lipinski definition) is 1. The van der Waals surface area contributed by atoms with Gasteiger partial charge in [-0.1, -0.05) is 0 Å². The molecule has 17 heavy (non-hydrogen) atoms. The Bertz CT molecular complexity index is 304. The summed E-state index contributed by atoms with van der Waals surface area (Å²) >= 11 is 0. The standard InChI is InChI=1S/C10H14F3NO3/c11-10(12,13)9(17)14-6-2-1-3-7(14)4-5-8(15)16/h7H,1-6H2,(H,15,16)/t7-/m1/s1. The average Bonchev–Trinajstić information content (AvgIpc) is 2.24. The molecule has 0 aromatic heterocycles. The molecule has 0 aliphatic carbocycles. The molecule has 1 saturated heterocycles. The third-order valence-electron chi connectivity index (χ3n) is 2.82. The van der Waals surface area contributed by atoms with Crippen molar-refractivity contribution in [2.24, 2.45) is 0 Å². The first-order valence-corrected chi connectivity index (χ1v) is 5.42. The van der Waals surface area contributed by atoms with Crippen molar-refractivity contribution in [1.29, 1.82) is 0 Å². The zero-order chi connectivity index (χ0) is 13.1. The molecular weight excluding hydrogens is 239 g/mol. The lowest BCUT2D eigenvalue weighted by atomic mass is 9.98. The summed E-state index contributed by atoms with van der Waals surface area (Å²) in [4.78, 5) is 22.3. The van der Waals surface area contributed by atoms with E-state index in [1.165, 1.54) is 0 Å². The predicted molar refractivity (Wildman–Crippen MR) is 52.3 cm³/mol. The molecule has 0 radical (unpaired) electrons. The second-order valence-electron chi connectivity index (χ2n) is 4.08. The molecule has 1 aliphatic rings. The number of aliphatic carboxylic acids is 1. The summed E-state index contributed by atoms with van der Waals surface area (Å²) in [5.74, 6) is -2.91. The number of carbonyl (C=O) groups is 2. The van der Waals surface area contributed by atoms with E-state index in [4.69, 9.17) is 5.11 Å². The monoisotopic (exact) mass is 253 g/mol. The number of rotatable bonds is 3. The molecule has 0 aromatic rings. The van der Waals surface area contributed by atoms with Gasteiger partial charge in [-0.15, -0.1) is 0 Å². The summed E-state index contributed by atoms with van der Waals surface area (Å²) in [6, 6.07) is -0.603. The first-order valence-electron chi connectivity index (χ1n) is 5.42. The molecule has 1 N–H and O–H groups in total. The molecule has 7 heteroatoms. The summed E-state index contributed by atoms with van der Waals surface area (Å²) in [7, 11) is 0. The van der Waals surface area contributed by atoms with E-state index in [2.05, 4.69) is 0 Å².